The molecule has 0 spiro atoms. The van der Waals surface area contributed by atoms with E-state index in [1.54, 1.807) is 42.5 Å². The van der Waals surface area contributed by atoms with E-state index in [-0.39, 0.29) is 11.8 Å². The molecule has 0 bridgehead atoms. The fourth-order valence-corrected chi connectivity index (χ4v) is 5.24. The smallest absolute Gasteiger partial charge is 0.268 e. The molecule has 1 N–H and O–H groups in total. The van der Waals surface area contributed by atoms with Crippen molar-refractivity contribution in [3.8, 4) is 5.75 Å². The Bertz CT molecular complexity index is 1310. The van der Waals surface area contributed by atoms with Gasteiger partial charge < -0.3 is 4.74 Å². The van der Waals surface area contributed by atoms with Crippen LogP contribution in [0.3, 0.4) is 0 Å². The molecule has 0 unspecified atom stereocenters. The number of aryl methyl sites for hydroxylation is 1. The van der Waals surface area contributed by atoms with Crippen LogP contribution in [0.25, 0.3) is 0 Å². The van der Waals surface area contributed by atoms with Gasteiger partial charge in [0.05, 0.1) is 24.3 Å². The van der Waals surface area contributed by atoms with Gasteiger partial charge in [0.1, 0.15) is 11.8 Å². The summed E-state index contributed by atoms with van der Waals surface area (Å²) in [6, 6.07) is 20.0. The number of amides is 3. The first kappa shape index (κ1) is 23.3. The molecule has 2 fully saturated rings. The molecule has 3 amide bonds. The third-order valence-electron chi connectivity index (χ3n) is 6.45. The third-order valence-corrected chi connectivity index (χ3v) is 6.95. The summed E-state index contributed by atoms with van der Waals surface area (Å²) < 4.78 is 6.24. The van der Waals surface area contributed by atoms with Crippen molar-refractivity contribution in [2.75, 3.05) is 11.5 Å². The Kier molecular flexibility index (Phi) is 6.17. The summed E-state index contributed by atoms with van der Waals surface area (Å²) in [5.74, 6) is -1.25. The van der Waals surface area contributed by atoms with Crippen LogP contribution in [0.1, 0.15) is 34.5 Å². The molecule has 2 aliphatic rings. The van der Waals surface area contributed by atoms with Gasteiger partial charge in [-0.1, -0.05) is 46.3 Å². The Morgan fingerprint density at radius 3 is 2.43 bits per heavy atom. The predicted molar refractivity (Wildman–Crippen MR) is 135 cm³/mol. The van der Waals surface area contributed by atoms with E-state index >= 15 is 0 Å². The maximum atomic E-state index is 13.8. The average Bonchev–Trinajstić information content (AvgIpc) is 3.36. The first-order valence-electron chi connectivity index (χ1n) is 11.4. The van der Waals surface area contributed by atoms with Crippen molar-refractivity contribution in [1.29, 1.82) is 0 Å². The molecule has 3 aromatic rings. The molecule has 0 aliphatic carbocycles. The van der Waals surface area contributed by atoms with Gasteiger partial charge in [-0.05, 0) is 67.4 Å². The van der Waals surface area contributed by atoms with Crippen LogP contribution in [0.4, 0.5) is 5.69 Å². The molecule has 5 rings (SSSR count). The number of hydrogen-bond acceptors (Lipinski definition) is 5. The number of nitrogens with zero attached hydrogens (tertiary/aromatic N) is 2. The highest BCUT2D eigenvalue weighted by Gasteiger charge is 2.60. The van der Waals surface area contributed by atoms with Crippen molar-refractivity contribution < 1.29 is 19.1 Å². The minimum atomic E-state index is -0.967. The number of anilines is 1. The zero-order valence-corrected chi connectivity index (χ0v) is 20.9. The van der Waals surface area contributed by atoms with E-state index in [1.807, 2.05) is 44.2 Å². The molecule has 0 saturated carbocycles. The monoisotopic (exact) mass is 533 g/mol. The molecular weight excluding hydrogens is 510 g/mol. The quantitative estimate of drug-likeness (QED) is 0.491. The fraction of sp³-hybridized carbons (Fsp3) is 0.222. The number of hydrogen-bond donors (Lipinski definition) is 1. The Balaban J connectivity index is 1.56. The number of carbonyl (C=O) groups is 3. The van der Waals surface area contributed by atoms with E-state index in [2.05, 4.69) is 21.4 Å². The lowest BCUT2D eigenvalue weighted by Gasteiger charge is -2.25. The number of fused-ring (bicyclic) bond motifs is 1. The number of rotatable bonds is 5. The maximum absolute atomic E-state index is 13.8. The minimum absolute atomic E-state index is 0.338. The molecule has 2 heterocycles. The van der Waals surface area contributed by atoms with E-state index in [9.17, 15) is 14.4 Å². The van der Waals surface area contributed by atoms with Gasteiger partial charge in [0.25, 0.3) is 11.8 Å². The van der Waals surface area contributed by atoms with Crippen LogP contribution in [0.2, 0.25) is 0 Å². The van der Waals surface area contributed by atoms with Crippen molar-refractivity contribution in [1.82, 2.24) is 10.4 Å². The number of ether oxygens (including phenoxy) is 1. The van der Waals surface area contributed by atoms with Crippen molar-refractivity contribution in [3.63, 3.8) is 0 Å². The Morgan fingerprint density at radius 1 is 1.00 bits per heavy atom. The van der Waals surface area contributed by atoms with Crippen LogP contribution in [-0.2, 0) is 9.59 Å². The highest BCUT2D eigenvalue weighted by atomic mass is 79.9. The van der Waals surface area contributed by atoms with Crippen molar-refractivity contribution in [2.24, 2.45) is 5.92 Å². The minimum Gasteiger partial charge on any atom is -0.494 e. The normalized spacial score (nSPS) is 21.4. The first-order chi connectivity index (χ1) is 16.9. The first-order valence-corrected chi connectivity index (χ1v) is 12.2. The molecule has 0 aromatic heterocycles. The summed E-state index contributed by atoms with van der Waals surface area (Å²) in [5, 5.41) is 1.33. The topological polar surface area (TPSA) is 79.0 Å². The largest absolute Gasteiger partial charge is 0.494 e. The van der Waals surface area contributed by atoms with Gasteiger partial charge in [-0.25, -0.2) is 10.3 Å². The van der Waals surface area contributed by atoms with Gasteiger partial charge in [-0.15, -0.1) is 0 Å². The van der Waals surface area contributed by atoms with Gasteiger partial charge in [0, 0.05) is 10.0 Å². The van der Waals surface area contributed by atoms with Crippen LogP contribution in [0.5, 0.6) is 5.75 Å². The molecule has 7 nitrogen and oxygen atoms in total. The second-order valence-electron chi connectivity index (χ2n) is 8.56. The van der Waals surface area contributed by atoms with Crippen molar-refractivity contribution in [2.45, 2.75) is 25.9 Å². The van der Waals surface area contributed by atoms with Crippen molar-refractivity contribution >= 4 is 39.3 Å². The van der Waals surface area contributed by atoms with E-state index in [4.69, 9.17) is 4.74 Å². The predicted octanol–water partition coefficient (Wildman–Crippen LogP) is 4.42. The second-order valence-corrected chi connectivity index (χ2v) is 9.47. The van der Waals surface area contributed by atoms with Crippen molar-refractivity contribution in [3.05, 3.63) is 94.0 Å². The lowest BCUT2D eigenvalue weighted by molar-refractivity contribution is -0.123. The van der Waals surface area contributed by atoms with E-state index in [0.717, 1.165) is 15.6 Å². The average molecular weight is 534 g/mol. The maximum Gasteiger partial charge on any atom is 0.268 e. The van der Waals surface area contributed by atoms with Crippen LogP contribution in [0.15, 0.2) is 77.3 Å². The lowest BCUT2D eigenvalue weighted by Crippen LogP contribution is -2.48. The van der Waals surface area contributed by atoms with E-state index < -0.39 is 23.9 Å². The molecular formula is C27H24BrN3O4. The van der Waals surface area contributed by atoms with E-state index in [1.165, 1.54) is 9.91 Å². The summed E-state index contributed by atoms with van der Waals surface area (Å²) in [5.41, 5.74) is 5.92. The number of benzene rings is 3. The second kappa shape index (κ2) is 9.28. The molecule has 2 aliphatic heterocycles. The molecule has 3 atom stereocenters. The summed E-state index contributed by atoms with van der Waals surface area (Å²) in [6.07, 6.45) is 0. The molecule has 8 heteroatoms. The SMILES string of the molecule is CCOc1ccc(N2C(=O)[C@@H]3[C@H](c4ccccc4C)NN(C(=O)c4cccc(Br)c4)[C@H]3C2=O)cc1. The van der Waals surface area contributed by atoms with Crippen LogP contribution in [-0.4, -0.2) is 35.4 Å². The highest BCUT2D eigenvalue weighted by molar-refractivity contribution is 9.10. The molecule has 2 saturated heterocycles. The Labute approximate surface area is 211 Å². The van der Waals surface area contributed by atoms with Gasteiger partial charge >= 0.3 is 0 Å². The summed E-state index contributed by atoms with van der Waals surface area (Å²) >= 11 is 3.40. The Hall–Kier alpha value is -3.49. The summed E-state index contributed by atoms with van der Waals surface area (Å²) in [4.78, 5) is 42.2. The summed E-state index contributed by atoms with van der Waals surface area (Å²) in [7, 11) is 0. The molecule has 178 valence electrons. The van der Waals surface area contributed by atoms with Crippen LogP contribution in [0, 0.1) is 12.8 Å². The number of carbonyl (C=O) groups excluding carboxylic acids is 3. The van der Waals surface area contributed by atoms with Crippen LogP contribution < -0.4 is 15.1 Å². The van der Waals surface area contributed by atoms with Gasteiger partial charge in [0.2, 0.25) is 5.91 Å². The fourth-order valence-electron chi connectivity index (χ4n) is 4.84. The third kappa shape index (κ3) is 4.02. The zero-order chi connectivity index (χ0) is 24.7. The number of halogens is 1. The molecule has 35 heavy (non-hydrogen) atoms. The van der Waals surface area contributed by atoms with Gasteiger partial charge in [-0.3, -0.25) is 19.4 Å². The number of hydrazine groups is 1. The Morgan fingerprint density at radius 2 is 1.74 bits per heavy atom. The number of imide groups is 1. The van der Waals surface area contributed by atoms with Gasteiger partial charge in [-0.2, -0.15) is 0 Å². The highest BCUT2D eigenvalue weighted by Crippen LogP contribution is 2.43. The molecule has 3 aromatic carbocycles. The molecule has 0 radical (unpaired) electrons. The standard InChI is InChI=1S/C27H24BrN3O4/c1-3-35-20-13-11-19(12-14-20)30-26(33)22-23(21-10-5-4-7-16(21)2)29-31(24(22)27(30)34)25(32)17-8-6-9-18(28)15-17/h4-15,22-24,29H,3H2,1-2H3/t22-,23+,24-/m1/s1. The van der Waals surface area contributed by atoms with Gasteiger partial charge in [0.15, 0.2) is 0 Å². The summed E-state index contributed by atoms with van der Waals surface area (Å²) in [6.45, 7) is 4.36. The van der Waals surface area contributed by atoms with E-state index in [0.29, 0.717) is 23.6 Å². The number of nitrogens with one attached hydrogen (secondary N) is 1. The lowest BCUT2D eigenvalue weighted by atomic mass is 9.88. The van der Waals surface area contributed by atoms with Crippen LogP contribution >= 0.6 is 15.9 Å². The zero-order valence-electron chi connectivity index (χ0n) is 19.3.